The third-order valence-corrected chi connectivity index (χ3v) is 5.00. The lowest BCUT2D eigenvalue weighted by molar-refractivity contribution is -0.123. The first kappa shape index (κ1) is 20.9. The molecule has 3 N–H and O–H groups in total. The molecule has 156 valence electrons. The monoisotopic (exact) mass is 408 g/mol. The maximum atomic E-state index is 12.9. The fourth-order valence-electron chi connectivity index (χ4n) is 3.07. The maximum absolute atomic E-state index is 12.9. The van der Waals surface area contributed by atoms with E-state index >= 15 is 0 Å². The minimum atomic E-state index is -1.12. The second-order valence-electron chi connectivity index (χ2n) is 7.01. The second kappa shape index (κ2) is 8.28. The summed E-state index contributed by atoms with van der Waals surface area (Å²) < 4.78 is 8.36. The molecule has 2 aromatic carbocycles. The molecule has 0 aliphatic rings. The van der Waals surface area contributed by atoms with Crippen molar-refractivity contribution in [1.29, 1.82) is 0 Å². The molecule has 1 aromatic heterocycles. The van der Waals surface area contributed by atoms with Gasteiger partial charge in [-0.3, -0.25) is 14.3 Å². The van der Waals surface area contributed by atoms with E-state index in [1.807, 2.05) is 18.2 Å². The zero-order valence-corrected chi connectivity index (χ0v) is 17.3. The van der Waals surface area contributed by atoms with Gasteiger partial charge in [-0.05, 0) is 44.5 Å². The lowest BCUT2D eigenvalue weighted by atomic mass is 10.1. The number of nitrogens with one attached hydrogen (secondary N) is 1. The molecule has 8 heteroatoms. The molecule has 0 aliphatic carbocycles. The van der Waals surface area contributed by atoms with Crippen LogP contribution in [-0.2, 0) is 16.6 Å². The van der Waals surface area contributed by atoms with E-state index in [9.17, 15) is 14.4 Å². The third-order valence-electron chi connectivity index (χ3n) is 5.00. The van der Waals surface area contributed by atoms with Crippen LogP contribution in [-0.4, -0.2) is 27.3 Å². The number of hydrogen-bond donors (Lipinski definition) is 2. The van der Waals surface area contributed by atoms with Crippen molar-refractivity contribution in [2.75, 3.05) is 11.1 Å². The van der Waals surface area contributed by atoms with Gasteiger partial charge in [0.05, 0.1) is 16.9 Å². The van der Waals surface area contributed by atoms with Crippen molar-refractivity contribution in [3.63, 3.8) is 0 Å². The number of aryl methyl sites for hydroxylation is 1. The number of carbonyl (C=O) groups is 2. The molecule has 3 rings (SSSR count). The summed E-state index contributed by atoms with van der Waals surface area (Å²) >= 11 is 0. The number of para-hydroxylation sites is 2. The van der Waals surface area contributed by atoms with Crippen molar-refractivity contribution in [2.45, 2.75) is 26.9 Å². The van der Waals surface area contributed by atoms with Crippen LogP contribution in [0.1, 0.15) is 28.5 Å². The van der Waals surface area contributed by atoms with E-state index in [0.29, 0.717) is 17.1 Å². The third kappa shape index (κ3) is 3.84. The molecular formula is C22H24N4O4. The van der Waals surface area contributed by atoms with Gasteiger partial charge in [-0.15, -0.1) is 0 Å². The number of benzene rings is 2. The molecule has 0 saturated heterocycles. The topological polar surface area (TPSA) is 108 Å². The summed E-state index contributed by atoms with van der Waals surface area (Å²) in [6, 6.07) is 14.1. The highest BCUT2D eigenvalue weighted by Crippen LogP contribution is 2.19. The number of nitrogen functional groups attached to an aromatic ring is 1. The molecule has 3 aromatic rings. The van der Waals surface area contributed by atoms with Crippen LogP contribution in [0.2, 0.25) is 0 Å². The van der Waals surface area contributed by atoms with Gasteiger partial charge in [0.15, 0.2) is 6.10 Å². The molecule has 0 aliphatic heterocycles. The van der Waals surface area contributed by atoms with Crippen LogP contribution in [0.15, 0.2) is 53.3 Å². The SMILES string of the molecule is Cc1cccc(C(=O)O[C@H](C)C(=O)Nc2c(C)n(C)n(-c3ccccc3)c2=O)c1N. The molecule has 0 saturated carbocycles. The van der Waals surface area contributed by atoms with Gasteiger partial charge in [-0.1, -0.05) is 30.3 Å². The van der Waals surface area contributed by atoms with E-state index in [2.05, 4.69) is 5.32 Å². The minimum absolute atomic E-state index is 0.129. The average Bonchev–Trinajstić information content (AvgIpc) is 2.93. The first-order valence-electron chi connectivity index (χ1n) is 9.43. The van der Waals surface area contributed by atoms with Gasteiger partial charge in [-0.2, -0.15) is 0 Å². The summed E-state index contributed by atoms with van der Waals surface area (Å²) in [5, 5.41) is 2.59. The summed E-state index contributed by atoms with van der Waals surface area (Å²) in [6.45, 7) is 4.94. The fraction of sp³-hybridized carbons (Fsp3) is 0.227. The molecule has 1 amide bonds. The zero-order chi connectivity index (χ0) is 22.0. The van der Waals surface area contributed by atoms with Gasteiger partial charge in [0.1, 0.15) is 5.69 Å². The van der Waals surface area contributed by atoms with Crippen LogP contribution in [0.4, 0.5) is 11.4 Å². The highest BCUT2D eigenvalue weighted by Gasteiger charge is 2.24. The van der Waals surface area contributed by atoms with Gasteiger partial charge in [0, 0.05) is 12.7 Å². The Balaban J connectivity index is 1.80. The number of hydrogen-bond acceptors (Lipinski definition) is 5. The minimum Gasteiger partial charge on any atom is -0.449 e. The van der Waals surface area contributed by atoms with Gasteiger partial charge < -0.3 is 15.8 Å². The number of rotatable bonds is 5. The van der Waals surface area contributed by atoms with Crippen molar-refractivity contribution in [2.24, 2.45) is 7.05 Å². The number of ether oxygens (including phenoxy) is 1. The van der Waals surface area contributed by atoms with E-state index in [1.165, 1.54) is 17.7 Å². The standard InChI is InChI=1S/C22H24N4O4/c1-13-9-8-12-17(18(13)23)22(29)30-15(3)20(27)24-19-14(2)25(4)26(21(19)28)16-10-6-5-7-11-16/h5-12,15H,23H2,1-4H3,(H,24,27)/t15-/m1/s1. The summed E-state index contributed by atoms with van der Waals surface area (Å²) in [4.78, 5) is 37.9. The molecular weight excluding hydrogens is 384 g/mol. The number of nitrogens with two attached hydrogens (primary N) is 1. The molecule has 0 spiro atoms. The van der Waals surface area contributed by atoms with Crippen LogP contribution >= 0.6 is 0 Å². The lowest BCUT2D eigenvalue weighted by Crippen LogP contribution is -2.32. The van der Waals surface area contributed by atoms with E-state index in [1.54, 1.807) is 49.8 Å². The van der Waals surface area contributed by atoms with Crippen LogP contribution in [0.3, 0.4) is 0 Å². The highest BCUT2D eigenvalue weighted by molar-refractivity contribution is 6.00. The summed E-state index contributed by atoms with van der Waals surface area (Å²) in [7, 11) is 1.73. The molecule has 0 radical (unpaired) electrons. The van der Waals surface area contributed by atoms with Crippen LogP contribution in [0, 0.1) is 13.8 Å². The first-order valence-corrected chi connectivity index (χ1v) is 9.43. The largest absolute Gasteiger partial charge is 0.449 e. The van der Waals surface area contributed by atoms with Gasteiger partial charge in [-0.25, -0.2) is 9.48 Å². The number of esters is 1. The fourth-order valence-corrected chi connectivity index (χ4v) is 3.07. The Hall–Kier alpha value is -3.81. The number of aromatic nitrogens is 2. The predicted molar refractivity (Wildman–Crippen MR) is 115 cm³/mol. The van der Waals surface area contributed by atoms with E-state index in [4.69, 9.17) is 10.5 Å². The zero-order valence-electron chi connectivity index (χ0n) is 17.3. The first-order chi connectivity index (χ1) is 14.2. The van der Waals surface area contributed by atoms with Crippen molar-refractivity contribution < 1.29 is 14.3 Å². The molecule has 0 fully saturated rings. The van der Waals surface area contributed by atoms with Crippen LogP contribution in [0.25, 0.3) is 5.69 Å². The molecule has 0 bridgehead atoms. The van der Waals surface area contributed by atoms with Crippen molar-refractivity contribution in [3.05, 3.63) is 75.7 Å². The van der Waals surface area contributed by atoms with E-state index in [0.717, 1.165) is 5.56 Å². The smallest absolute Gasteiger partial charge is 0.341 e. The maximum Gasteiger partial charge on any atom is 0.341 e. The summed E-state index contributed by atoms with van der Waals surface area (Å²) in [5.41, 5.74) is 8.15. The molecule has 1 atom stereocenters. The number of carbonyl (C=O) groups excluding carboxylic acids is 2. The summed E-state index contributed by atoms with van der Waals surface area (Å²) in [5.74, 6) is -1.31. The Bertz CT molecular complexity index is 1160. The number of amides is 1. The van der Waals surface area contributed by atoms with Crippen LogP contribution < -0.4 is 16.6 Å². The molecule has 8 nitrogen and oxygen atoms in total. The normalized spacial score (nSPS) is 11.7. The second-order valence-corrected chi connectivity index (χ2v) is 7.01. The van der Waals surface area contributed by atoms with Gasteiger partial charge in [0.25, 0.3) is 11.5 Å². The van der Waals surface area contributed by atoms with E-state index in [-0.39, 0.29) is 16.8 Å². The Labute approximate surface area is 173 Å². The average molecular weight is 408 g/mol. The number of nitrogens with zero attached hydrogens (tertiary/aromatic N) is 2. The van der Waals surface area contributed by atoms with E-state index < -0.39 is 18.0 Å². The predicted octanol–water partition coefficient (Wildman–Crippen LogP) is 2.56. The van der Waals surface area contributed by atoms with Crippen molar-refractivity contribution in [1.82, 2.24) is 9.36 Å². The quantitative estimate of drug-likeness (QED) is 0.498. The Morgan fingerprint density at radius 1 is 1.07 bits per heavy atom. The van der Waals surface area contributed by atoms with Crippen molar-refractivity contribution in [3.8, 4) is 5.69 Å². The molecule has 30 heavy (non-hydrogen) atoms. The summed E-state index contributed by atoms with van der Waals surface area (Å²) in [6.07, 6.45) is -1.12. The van der Waals surface area contributed by atoms with Gasteiger partial charge >= 0.3 is 5.97 Å². The van der Waals surface area contributed by atoms with Gasteiger partial charge in [0.2, 0.25) is 0 Å². The molecule has 1 heterocycles. The lowest BCUT2D eigenvalue weighted by Gasteiger charge is -2.14. The Morgan fingerprint density at radius 3 is 2.40 bits per heavy atom. The highest BCUT2D eigenvalue weighted by atomic mass is 16.5. The van der Waals surface area contributed by atoms with Crippen molar-refractivity contribution >= 4 is 23.3 Å². The Morgan fingerprint density at radius 2 is 1.73 bits per heavy atom. The number of anilines is 2. The molecule has 0 unspecified atom stereocenters. The Kier molecular flexibility index (Phi) is 5.77. The van der Waals surface area contributed by atoms with Crippen LogP contribution in [0.5, 0.6) is 0 Å².